The molecule has 1 fully saturated rings. The van der Waals surface area contributed by atoms with Crippen LogP contribution in [0.15, 0.2) is 59.5 Å². The Kier molecular flexibility index (Phi) is 5.58. The van der Waals surface area contributed by atoms with Crippen molar-refractivity contribution in [2.45, 2.75) is 17.7 Å². The molecule has 0 aliphatic carbocycles. The second-order valence-electron chi connectivity index (χ2n) is 6.20. The lowest BCUT2D eigenvalue weighted by Crippen LogP contribution is -2.43. The number of rotatable bonds is 5. The van der Waals surface area contributed by atoms with Gasteiger partial charge in [0, 0.05) is 13.1 Å². The summed E-state index contributed by atoms with van der Waals surface area (Å²) in [6.45, 7) is 0.605. The number of benzene rings is 2. The molecule has 1 aliphatic heterocycles. The molecule has 1 amide bonds. The minimum Gasteiger partial charge on any atom is -0.495 e. The minimum absolute atomic E-state index is 0.179. The lowest BCUT2D eigenvalue weighted by molar-refractivity contribution is -0.120. The maximum atomic E-state index is 12.8. The number of para-hydroxylation sites is 2. The summed E-state index contributed by atoms with van der Waals surface area (Å²) in [5.41, 5.74) is 0.586. The highest BCUT2D eigenvalue weighted by atomic mass is 32.2. The lowest BCUT2D eigenvalue weighted by Gasteiger charge is -2.31. The van der Waals surface area contributed by atoms with Gasteiger partial charge in [0.1, 0.15) is 5.75 Å². The van der Waals surface area contributed by atoms with Crippen molar-refractivity contribution in [3.05, 3.63) is 54.6 Å². The molecule has 26 heavy (non-hydrogen) atoms. The van der Waals surface area contributed by atoms with Crippen LogP contribution in [0.3, 0.4) is 0 Å². The summed E-state index contributed by atoms with van der Waals surface area (Å²) in [5, 5.41) is 2.86. The van der Waals surface area contributed by atoms with Crippen LogP contribution in [0, 0.1) is 5.92 Å². The zero-order valence-corrected chi connectivity index (χ0v) is 15.4. The minimum atomic E-state index is -3.59. The first-order valence-corrected chi connectivity index (χ1v) is 9.95. The molecule has 0 aromatic heterocycles. The van der Waals surface area contributed by atoms with Crippen molar-refractivity contribution in [3.63, 3.8) is 0 Å². The third kappa shape index (κ3) is 3.89. The number of hydrogen-bond donors (Lipinski definition) is 1. The zero-order chi connectivity index (χ0) is 18.6. The smallest absolute Gasteiger partial charge is 0.243 e. The number of amides is 1. The van der Waals surface area contributed by atoms with Crippen molar-refractivity contribution in [2.24, 2.45) is 5.92 Å². The molecule has 7 heteroatoms. The third-order valence-electron chi connectivity index (χ3n) is 4.50. The molecule has 0 bridgehead atoms. The van der Waals surface area contributed by atoms with E-state index in [1.165, 1.54) is 4.31 Å². The van der Waals surface area contributed by atoms with Crippen molar-refractivity contribution in [2.75, 3.05) is 25.5 Å². The van der Waals surface area contributed by atoms with Gasteiger partial charge in [0.2, 0.25) is 15.9 Å². The van der Waals surface area contributed by atoms with Gasteiger partial charge >= 0.3 is 0 Å². The van der Waals surface area contributed by atoms with Gasteiger partial charge in [-0.05, 0) is 37.1 Å². The average Bonchev–Trinajstić information content (AvgIpc) is 2.69. The van der Waals surface area contributed by atoms with Gasteiger partial charge in [-0.2, -0.15) is 4.31 Å². The molecule has 0 unspecified atom stereocenters. The van der Waals surface area contributed by atoms with Crippen LogP contribution in [-0.4, -0.2) is 38.8 Å². The van der Waals surface area contributed by atoms with E-state index < -0.39 is 15.9 Å². The predicted molar refractivity (Wildman–Crippen MR) is 99.5 cm³/mol. The van der Waals surface area contributed by atoms with Crippen LogP contribution in [0.25, 0.3) is 0 Å². The van der Waals surface area contributed by atoms with Gasteiger partial charge in [-0.3, -0.25) is 4.79 Å². The van der Waals surface area contributed by atoms with E-state index in [4.69, 9.17) is 4.74 Å². The fraction of sp³-hybridized carbons (Fsp3) is 0.316. The van der Waals surface area contributed by atoms with E-state index in [0.717, 1.165) is 0 Å². The number of sulfonamides is 1. The Bertz CT molecular complexity index is 868. The Morgan fingerprint density at radius 3 is 2.54 bits per heavy atom. The molecular formula is C19H22N2O4S. The van der Waals surface area contributed by atoms with Crippen LogP contribution >= 0.6 is 0 Å². The quantitative estimate of drug-likeness (QED) is 0.873. The van der Waals surface area contributed by atoms with E-state index in [9.17, 15) is 13.2 Å². The Morgan fingerprint density at radius 1 is 1.12 bits per heavy atom. The number of carbonyl (C=O) groups is 1. The van der Waals surface area contributed by atoms with E-state index in [1.807, 2.05) is 12.1 Å². The van der Waals surface area contributed by atoms with Gasteiger partial charge in [0.25, 0.3) is 0 Å². The van der Waals surface area contributed by atoms with Crippen molar-refractivity contribution in [1.82, 2.24) is 4.31 Å². The number of carbonyl (C=O) groups excluding carboxylic acids is 1. The monoisotopic (exact) mass is 374 g/mol. The Labute approximate surface area is 153 Å². The van der Waals surface area contributed by atoms with Crippen LogP contribution in [0.5, 0.6) is 5.75 Å². The molecule has 3 rings (SSSR count). The molecule has 2 aromatic carbocycles. The Morgan fingerprint density at radius 2 is 1.81 bits per heavy atom. The molecule has 0 saturated carbocycles. The predicted octanol–water partition coefficient (Wildman–Crippen LogP) is 2.73. The number of hydrogen-bond acceptors (Lipinski definition) is 4. The Hall–Kier alpha value is -2.38. The van der Waals surface area contributed by atoms with Crippen LogP contribution < -0.4 is 10.1 Å². The summed E-state index contributed by atoms with van der Waals surface area (Å²) >= 11 is 0. The average molecular weight is 374 g/mol. The molecule has 1 N–H and O–H groups in total. The van der Waals surface area contributed by atoms with Crippen molar-refractivity contribution in [1.29, 1.82) is 0 Å². The van der Waals surface area contributed by atoms with Crippen molar-refractivity contribution >= 4 is 21.6 Å². The summed E-state index contributed by atoms with van der Waals surface area (Å²) in [4.78, 5) is 12.9. The van der Waals surface area contributed by atoms with Crippen LogP contribution in [0.1, 0.15) is 12.8 Å². The van der Waals surface area contributed by atoms with Crippen LogP contribution in [-0.2, 0) is 14.8 Å². The molecular weight excluding hydrogens is 352 g/mol. The van der Waals surface area contributed by atoms with Crippen molar-refractivity contribution < 1.29 is 17.9 Å². The van der Waals surface area contributed by atoms with E-state index >= 15 is 0 Å². The van der Waals surface area contributed by atoms with Gasteiger partial charge in [-0.1, -0.05) is 30.3 Å². The summed E-state index contributed by atoms with van der Waals surface area (Å²) in [6, 6.07) is 15.5. The van der Waals surface area contributed by atoms with Gasteiger partial charge in [-0.15, -0.1) is 0 Å². The largest absolute Gasteiger partial charge is 0.495 e. The number of ether oxygens (including phenoxy) is 1. The molecule has 1 saturated heterocycles. The molecule has 1 aliphatic rings. The van der Waals surface area contributed by atoms with Crippen LogP contribution in [0.2, 0.25) is 0 Å². The fourth-order valence-electron chi connectivity index (χ4n) is 3.10. The zero-order valence-electron chi connectivity index (χ0n) is 14.6. The van der Waals surface area contributed by atoms with E-state index in [0.29, 0.717) is 30.8 Å². The standard InChI is InChI=1S/C19H22N2O4S/c1-25-18-12-6-5-11-17(18)20-19(22)15-8-7-13-21(14-15)26(23,24)16-9-3-2-4-10-16/h2-6,9-12,15H,7-8,13-14H2,1H3,(H,20,22)/t15-/m0/s1. The molecule has 0 radical (unpaired) electrons. The molecule has 6 nitrogen and oxygen atoms in total. The van der Waals surface area contributed by atoms with Crippen LogP contribution in [0.4, 0.5) is 5.69 Å². The summed E-state index contributed by atoms with van der Waals surface area (Å²) in [5.74, 6) is -0.0139. The fourth-order valence-corrected chi connectivity index (χ4v) is 4.64. The highest BCUT2D eigenvalue weighted by Gasteiger charge is 2.33. The molecule has 2 aromatic rings. The number of nitrogens with zero attached hydrogens (tertiary/aromatic N) is 1. The van der Waals surface area contributed by atoms with E-state index in [1.54, 1.807) is 49.6 Å². The normalized spacial score (nSPS) is 18.3. The molecule has 0 spiro atoms. The van der Waals surface area contributed by atoms with E-state index in [-0.39, 0.29) is 17.3 Å². The highest BCUT2D eigenvalue weighted by Crippen LogP contribution is 2.27. The molecule has 1 atom stereocenters. The maximum absolute atomic E-state index is 12.8. The summed E-state index contributed by atoms with van der Waals surface area (Å²) < 4.78 is 32.2. The first-order valence-electron chi connectivity index (χ1n) is 8.51. The second kappa shape index (κ2) is 7.88. The molecule has 138 valence electrons. The van der Waals surface area contributed by atoms with Crippen molar-refractivity contribution in [3.8, 4) is 5.75 Å². The summed E-state index contributed by atoms with van der Waals surface area (Å²) in [7, 11) is -2.04. The highest BCUT2D eigenvalue weighted by molar-refractivity contribution is 7.89. The Balaban J connectivity index is 1.73. The second-order valence-corrected chi connectivity index (χ2v) is 8.14. The third-order valence-corrected chi connectivity index (χ3v) is 6.38. The first kappa shape index (κ1) is 18.4. The number of methoxy groups -OCH3 is 1. The van der Waals surface area contributed by atoms with Gasteiger partial charge in [0.15, 0.2) is 0 Å². The number of anilines is 1. The van der Waals surface area contributed by atoms with Gasteiger partial charge in [-0.25, -0.2) is 8.42 Å². The SMILES string of the molecule is COc1ccccc1NC(=O)[C@H]1CCCN(S(=O)(=O)c2ccccc2)C1. The lowest BCUT2D eigenvalue weighted by atomic mass is 9.98. The number of nitrogens with one attached hydrogen (secondary N) is 1. The van der Waals surface area contributed by atoms with E-state index in [2.05, 4.69) is 5.32 Å². The maximum Gasteiger partial charge on any atom is 0.243 e. The molecule has 1 heterocycles. The topological polar surface area (TPSA) is 75.7 Å². The first-order chi connectivity index (χ1) is 12.5. The van der Waals surface area contributed by atoms with Gasteiger partial charge in [0.05, 0.1) is 23.6 Å². The van der Waals surface area contributed by atoms with Gasteiger partial charge < -0.3 is 10.1 Å². The number of piperidine rings is 1. The summed E-state index contributed by atoms with van der Waals surface area (Å²) in [6.07, 6.45) is 1.30.